The van der Waals surface area contributed by atoms with Crippen molar-refractivity contribution < 1.29 is 18.7 Å². The summed E-state index contributed by atoms with van der Waals surface area (Å²) in [6.45, 7) is 0.389. The number of pyridine rings is 1. The van der Waals surface area contributed by atoms with Gasteiger partial charge in [0.15, 0.2) is 17.9 Å². The van der Waals surface area contributed by atoms with Crippen LogP contribution in [0.3, 0.4) is 0 Å². The first-order chi connectivity index (χ1) is 15.6. The van der Waals surface area contributed by atoms with E-state index in [1.165, 1.54) is 7.11 Å². The summed E-state index contributed by atoms with van der Waals surface area (Å²) in [5.74, 6) is 0.822. The van der Waals surface area contributed by atoms with Gasteiger partial charge in [-0.15, -0.1) is 0 Å². The molecule has 0 bridgehead atoms. The highest BCUT2D eigenvalue weighted by Crippen LogP contribution is 2.28. The number of para-hydroxylation sites is 1. The third-order valence-corrected chi connectivity index (χ3v) is 4.91. The molecule has 4 rings (SSSR count). The highest BCUT2D eigenvalue weighted by atomic mass is 16.5. The third kappa shape index (κ3) is 4.95. The van der Waals surface area contributed by atoms with Crippen LogP contribution in [0.15, 0.2) is 82.1 Å². The zero-order chi connectivity index (χ0) is 22.3. The number of rotatable bonds is 8. The Balaban J connectivity index is 1.36. The standard InChI is InChI=1S/C25H22N2O5/c1-30-22-7-4-5-18-15-21(25(29)32-24(18)22)17-8-10-20(11-9-17)31-16-23(28)27-14-12-19-6-2-3-13-26-19/h2-11,13,15H,12,14,16H2,1H3,(H,27,28). The van der Waals surface area contributed by atoms with Crippen LogP contribution >= 0.6 is 0 Å². The molecule has 2 aromatic heterocycles. The van der Waals surface area contributed by atoms with Crippen LogP contribution in [0.1, 0.15) is 5.69 Å². The van der Waals surface area contributed by atoms with Crippen molar-refractivity contribution in [2.45, 2.75) is 6.42 Å². The van der Waals surface area contributed by atoms with E-state index in [-0.39, 0.29) is 12.5 Å². The predicted molar refractivity (Wildman–Crippen MR) is 121 cm³/mol. The van der Waals surface area contributed by atoms with Gasteiger partial charge in [-0.2, -0.15) is 0 Å². The molecule has 162 valence electrons. The van der Waals surface area contributed by atoms with Gasteiger partial charge < -0.3 is 19.2 Å². The highest BCUT2D eigenvalue weighted by molar-refractivity contribution is 5.86. The van der Waals surface area contributed by atoms with Crippen molar-refractivity contribution in [3.05, 3.63) is 89.0 Å². The first-order valence-corrected chi connectivity index (χ1v) is 10.1. The summed E-state index contributed by atoms with van der Waals surface area (Å²) in [4.78, 5) is 28.7. The van der Waals surface area contributed by atoms with Crippen LogP contribution in [0.2, 0.25) is 0 Å². The van der Waals surface area contributed by atoms with Crippen LogP contribution in [-0.2, 0) is 11.2 Å². The number of aromatic nitrogens is 1. The van der Waals surface area contributed by atoms with Crippen LogP contribution < -0.4 is 20.4 Å². The lowest BCUT2D eigenvalue weighted by Crippen LogP contribution is -2.30. The zero-order valence-electron chi connectivity index (χ0n) is 17.5. The fourth-order valence-electron chi connectivity index (χ4n) is 3.29. The summed E-state index contributed by atoms with van der Waals surface area (Å²) in [6.07, 6.45) is 2.38. The molecule has 0 spiro atoms. The highest BCUT2D eigenvalue weighted by Gasteiger charge is 2.11. The van der Waals surface area contributed by atoms with E-state index in [4.69, 9.17) is 13.9 Å². The average Bonchev–Trinajstić information content (AvgIpc) is 2.83. The van der Waals surface area contributed by atoms with Gasteiger partial charge in [-0.05, 0) is 42.0 Å². The maximum Gasteiger partial charge on any atom is 0.344 e. The molecule has 0 saturated carbocycles. The van der Waals surface area contributed by atoms with Crippen LogP contribution in [0.5, 0.6) is 11.5 Å². The molecule has 0 aliphatic heterocycles. The van der Waals surface area contributed by atoms with Gasteiger partial charge in [-0.3, -0.25) is 9.78 Å². The van der Waals surface area contributed by atoms with Gasteiger partial charge in [-0.25, -0.2) is 4.79 Å². The molecule has 4 aromatic rings. The maximum absolute atomic E-state index is 12.5. The summed E-state index contributed by atoms with van der Waals surface area (Å²) in [5.41, 5.74) is 2.00. The Labute approximate surface area is 184 Å². The molecular weight excluding hydrogens is 408 g/mol. The van der Waals surface area contributed by atoms with Crippen LogP contribution in [0.25, 0.3) is 22.1 Å². The van der Waals surface area contributed by atoms with Gasteiger partial charge >= 0.3 is 5.63 Å². The van der Waals surface area contributed by atoms with E-state index in [1.54, 1.807) is 42.6 Å². The van der Waals surface area contributed by atoms with Crippen molar-refractivity contribution in [1.82, 2.24) is 10.3 Å². The quantitative estimate of drug-likeness (QED) is 0.430. The lowest BCUT2D eigenvalue weighted by atomic mass is 10.1. The van der Waals surface area contributed by atoms with E-state index in [9.17, 15) is 9.59 Å². The number of hydrogen-bond donors (Lipinski definition) is 1. The summed E-state index contributed by atoms with van der Waals surface area (Å²) >= 11 is 0. The molecule has 0 aliphatic carbocycles. The van der Waals surface area contributed by atoms with Gasteiger partial charge in [0.25, 0.3) is 5.91 Å². The summed E-state index contributed by atoms with van der Waals surface area (Å²) < 4.78 is 16.3. The Morgan fingerprint density at radius 2 is 1.91 bits per heavy atom. The summed E-state index contributed by atoms with van der Waals surface area (Å²) in [5, 5.41) is 3.57. The summed E-state index contributed by atoms with van der Waals surface area (Å²) in [7, 11) is 1.53. The number of nitrogens with one attached hydrogen (secondary N) is 1. The lowest BCUT2D eigenvalue weighted by Gasteiger charge is -2.09. The maximum atomic E-state index is 12.5. The topological polar surface area (TPSA) is 90.7 Å². The van der Waals surface area contributed by atoms with Gasteiger partial charge in [0.1, 0.15) is 5.75 Å². The largest absolute Gasteiger partial charge is 0.493 e. The molecule has 7 heteroatoms. The molecule has 1 N–H and O–H groups in total. The second kappa shape index (κ2) is 9.78. The molecule has 2 heterocycles. The van der Waals surface area contributed by atoms with E-state index < -0.39 is 5.63 Å². The number of methoxy groups -OCH3 is 1. The number of fused-ring (bicyclic) bond motifs is 1. The molecule has 0 aliphatic rings. The minimum absolute atomic E-state index is 0.0977. The Morgan fingerprint density at radius 1 is 1.06 bits per heavy atom. The average molecular weight is 430 g/mol. The van der Waals surface area contributed by atoms with Crippen molar-refractivity contribution in [2.24, 2.45) is 0 Å². The van der Waals surface area contributed by atoms with Crippen molar-refractivity contribution in [3.8, 4) is 22.6 Å². The van der Waals surface area contributed by atoms with Gasteiger partial charge in [0.2, 0.25) is 0 Å². The minimum Gasteiger partial charge on any atom is -0.493 e. The molecule has 0 unspecified atom stereocenters. The van der Waals surface area contributed by atoms with Gasteiger partial charge in [0.05, 0.1) is 12.7 Å². The molecule has 2 aromatic carbocycles. The Bertz CT molecular complexity index is 1270. The first kappa shape index (κ1) is 21.1. The van der Waals surface area contributed by atoms with Gasteiger partial charge in [-0.1, -0.05) is 30.3 Å². The van der Waals surface area contributed by atoms with E-state index in [0.717, 1.165) is 11.1 Å². The van der Waals surface area contributed by atoms with Crippen molar-refractivity contribution in [3.63, 3.8) is 0 Å². The lowest BCUT2D eigenvalue weighted by molar-refractivity contribution is -0.123. The third-order valence-electron chi connectivity index (χ3n) is 4.91. The number of amides is 1. The Kier molecular flexibility index (Phi) is 6.46. The number of carbonyl (C=O) groups excluding carboxylic acids is 1. The smallest absolute Gasteiger partial charge is 0.344 e. The summed E-state index contributed by atoms with van der Waals surface area (Å²) in [6, 6.07) is 19.8. The number of hydrogen-bond acceptors (Lipinski definition) is 6. The van der Waals surface area contributed by atoms with Crippen LogP contribution in [-0.4, -0.2) is 31.2 Å². The Morgan fingerprint density at radius 3 is 2.66 bits per heavy atom. The minimum atomic E-state index is -0.456. The van der Waals surface area contributed by atoms with Gasteiger partial charge in [0, 0.05) is 30.2 Å². The fourth-order valence-corrected chi connectivity index (χ4v) is 3.29. The monoisotopic (exact) mass is 430 g/mol. The molecule has 0 atom stereocenters. The zero-order valence-corrected chi connectivity index (χ0v) is 17.5. The first-order valence-electron chi connectivity index (χ1n) is 10.1. The Hall–Kier alpha value is -4.13. The van der Waals surface area contributed by atoms with Crippen molar-refractivity contribution in [1.29, 1.82) is 0 Å². The van der Waals surface area contributed by atoms with E-state index in [1.807, 2.05) is 30.3 Å². The van der Waals surface area contributed by atoms with Crippen LogP contribution in [0, 0.1) is 0 Å². The second-order valence-electron chi connectivity index (χ2n) is 7.06. The molecule has 0 radical (unpaired) electrons. The van der Waals surface area contributed by atoms with E-state index >= 15 is 0 Å². The second-order valence-corrected chi connectivity index (χ2v) is 7.06. The van der Waals surface area contributed by atoms with Crippen molar-refractivity contribution in [2.75, 3.05) is 20.3 Å². The van der Waals surface area contributed by atoms with E-state index in [0.29, 0.717) is 41.2 Å². The molecule has 32 heavy (non-hydrogen) atoms. The molecular formula is C25H22N2O5. The predicted octanol–water partition coefficient (Wildman–Crippen LogP) is 3.60. The number of ether oxygens (including phenoxy) is 2. The van der Waals surface area contributed by atoms with E-state index in [2.05, 4.69) is 10.3 Å². The molecule has 1 amide bonds. The SMILES string of the molecule is COc1cccc2cc(-c3ccc(OCC(=O)NCCc4ccccn4)cc3)c(=O)oc12. The molecule has 0 saturated heterocycles. The van der Waals surface area contributed by atoms with Crippen molar-refractivity contribution >= 4 is 16.9 Å². The number of nitrogens with zero attached hydrogens (tertiary/aromatic N) is 1. The fraction of sp³-hybridized carbons (Fsp3) is 0.160. The molecule has 7 nitrogen and oxygen atoms in total. The normalized spacial score (nSPS) is 10.7. The molecule has 0 fully saturated rings. The number of benzene rings is 2. The van der Waals surface area contributed by atoms with Crippen LogP contribution in [0.4, 0.5) is 0 Å². The number of carbonyl (C=O) groups is 1.